The SMILES string of the molecule is COc1ccc(-c2ccc(N3CCCN(C(=O)CN(CC(C)C)C(=O)c4cccs4)CC3)nn2)cc1OC. The van der Waals surface area contributed by atoms with Crippen LogP contribution in [0.1, 0.15) is 29.9 Å². The van der Waals surface area contributed by atoms with Crippen LogP contribution in [0, 0.1) is 5.92 Å². The number of thiophene rings is 1. The maximum Gasteiger partial charge on any atom is 0.264 e. The van der Waals surface area contributed by atoms with E-state index in [9.17, 15) is 9.59 Å². The molecule has 0 bridgehead atoms. The average Bonchev–Trinajstić information content (AvgIpc) is 3.36. The number of rotatable bonds is 9. The number of anilines is 1. The minimum absolute atomic E-state index is 0.0210. The largest absolute Gasteiger partial charge is 0.493 e. The molecule has 1 aromatic carbocycles. The molecule has 0 atom stereocenters. The van der Waals surface area contributed by atoms with Crippen molar-refractivity contribution in [1.29, 1.82) is 0 Å². The Morgan fingerprint density at radius 2 is 1.82 bits per heavy atom. The fraction of sp³-hybridized carbons (Fsp3) is 0.429. The summed E-state index contributed by atoms with van der Waals surface area (Å²) in [6.45, 7) is 7.40. The fourth-order valence-corrected chi connectivity index (χ4v) is 5.21. The first-order valence-corrected chi connectivity index (χ1v) is 13.7. The quantitative estimate of drug-likeness (QED) is 0.407. The van der Waals surface area contributed by atoms with Crippen molar-refractivity contribution in [3.05, 3.63) is 52.7 Å². The molecule has 10 heteroatoms. The lowest BCUT2D eigenvalue weighted by molar-refractivity contribution is -0.131. The summed E-state index contributed by atoms with van der Waals surface area (Å²) in [4.78, 5) is 32.6. The smallest absolute Gasteiger partial charge is 0.264 e. The average molecular weight is 538 g/mol. The molecule has 1 saturated heterocycles. The van der Waals surface area contributed by atoms with E-state index >= 15 is 0 Å². The zero-order valence-electron chi connectivity index (χ0n) is 22.4. The van der Waals surface area contributed by atoms with Crippen molar-refractivity contribution < 1.29 is 19.1 Å². The van der Waals surface area contributed by atoms with Crippen molar-refractivity contribution in [3.8, 4) is 22.8 Å². The highest BCUT2D eigenvalue weighted by atomic mass is 32.1. The molecule has 38 heavy (non-hydrogen) atoms. The number of nitrogens with zero attached hydrogens (tertiary/aromatic N) is 5. The second-order valence-electron chi connectivity index (χ2n) is 9.62. The van der Waals surface area contributed by atoms with Crippen LogP contribution in [0.4, 0.5) is 5.82 Å². The van der Waals surface area contributed by atoms with Crippen LogP contribution >= 0.6 is 11.3 Å². The van der Waals surface area contributed by atoms with E-state index in [0.717, 1.165) is 30.0 Å². The van der Waals surface area contributed by atoms with Gasteiger partial charge in [-0.2, -0.15) is 0 Å². The minimum atomic E-state index is -0.0802. The highest BCUT2D eigenvalue weighted by Crippen LogP contribution is 2.31. The topological polar surface area (TPSA) is 88.1 Å². The van der Waals surface area contributed by atoms with E-state index in [1.54, 1.807) is 19.1 Å². The Hall–Kier alpha value is -3.66. The maximum atomic E-state index is 13.2. The number of benzene rings is 1. The zero-order chi connectivity index (χ0) is 27.1. The summed E-state index contributed by atoms with van der Waals surface area (Å²) in [5.74, 6) is 2.24. The highest BCUT2D eigenvalue weighted by Gasteiger charge is 2.25. The molecular weight excluding hydrogens is 502 g/mol. The first-order valence-electron chi connectivity index (χ1n) is 12.8. The first-order chi connectivity index (χ1) is 18.4. The van der Waals surface area contributed by atoms with Crippen molar-refractivity contribution in [3.63, 3.8) is 0 Å². The zero-order valence-corrected chi connectivity index (χ0v) is 23.2. The van der Waals surface area contributed by atoms with Gasteiger partial charge in [-0.15, -0.1) is 21.5 Å². The molecule has 0 saturated carbocycles. The summed E-state index contributed by atoms with van der Waals surface area (Å²) < 4.78 is 10.7. The van der Waals surface area contributed by atoms with Gasteiger partial charge in [-0.05, 0) is 54.1 Å². The molecule has 202 valence electrons. The van der Waals surface area contributed by atoms with Gasteiger partial charge in [0.15, 0.2) is 17.3 Å². The predicted octanol–water partition coefficient (Wildman–Crippen LogP) is 4.06. The molecule has 1 aliphatic rings. The van der Waals surface area contributed by atoms with Crippen molar-refractivity contribution in [2.75, 3.05) is 58.4 Å². The molecule has 0 radical (unpaired) electrons. The van der Waals surface area contributed by atoms with E-state index in [4.69, 9.17) is 9.47 Å². The summed E-state index contributed by atoms with van der Waals surface area (Å²) in [7, 11) is 3.21. The van der Waals surface area contributed by atoms with Gasteiger partial charge in [0.05, 0.1) is 24.8 Å². The van der Waals surface area contributed by atoms with Crippen LogP contribution in [0.25, 0.3) is 11.3 Å². The molecule has 0 N–H and O–H groups in total. The predicted molar refractivity (Wildman–Crippen MR) is 149 cm³/mol. The summed E-state index contributed by atoms with van der Waals surface area (Å²) in [5.41, 5.74) is 1.62. The fourth-order valence-electron chi connectivity index (χ4n) is 4.52. The monoisotopic (exact) mass is 537 g/mol. The molecule has 1 fully saturated rings. The van der Waals surface area contributed by atoms with Crippen molar-refractivity contribution >= 4 is 29.0 Å². The Bertz CT molecular complexity index is 1220. The van der Waals surface area contributed by atoms with Crippen LogP contribution in [-0.4, -0.2) is 85.3 Å². The van der Waals surface area contributed by atoms with Crippen molar-refractivity contribution in [2.45, 2.75) is 20.3 Å². The van der Waals surface area contributed by atoms with E-state index in [2.05, 4.69) is 28.9 Å². The Kier molecular flexibility index (Phi) is 9.17. The molecule has 3 aromatic rings. The van der Waals surface area contributed by atoms with Gasteiger partial charge in [-0.3, -0.25) is 9.59 Å². The van der Waals surface area contributed by atoms with E-state index in [0.29, 0.717) is 42.6 Å². The number of hydrogen-bond acceptors (Lipinski definition) is 8. The van der Waals surface area contributed by atoms with Crippen LogP contribution in [-0.2, 0) is 4.79 Å². The van der Waals surface area contributed by atoms with Gasteiger partial charge in [-0.1, -0.05) is 19.9 Å². The number of aromatic nitrogens is 2. The third-order valence-electron chi connectivity index (χ3n) is 6.43. The standard InChI is InChI=1S/C28H35N5O4S/c1-20(2)18-33(28(35)25-7-5-16-38-25)19-27(34)32-13-6-12-31(14-15-32)26-11-9-22(29-30-26)21-8-10-23(36-3)24(17-21)37-4/h5,7-11,16-17,20H,6,12-15,18-19H2,1-4H3. The highest BCUT2D eigenvalue weighted by molar-refractivity contribution is 7.12. The van der Waals surface area contributed by atoms with Crippen LogP contribution < -0.4 is 14.4 Å². The lowest BCUT2D eigenvalue weighted by atomic mass is 10.1. The molecule has 2 aromatic heterocycles. The van der Waals surface area contributed by atoms with E-state index in [1.165, 1.54) is 11.3 Å². The lowest BCUT2D eigenvalue weighted by Gasteiger charge is -2.28. The Labute approximate surface area is 228 Å². The van der Waals surface area contributed by atoms with Crippen molar-refractivity contribution in [1.82, 2.24) is 20.0 Å². The second-order valence-corrected chi connectivity index (χ2v) is 10.6. The van der Waals surface area contributed by atoms with E-state index in [-0.39, 0.29) is 24.3 Å². The van der Waals surface area contributed by atoms with Crippen LogP contribution in [0.3, 0.4) is 0 Å². The number of carbonyl (C=O) groups is 2. The Balaban J connectivity index is 1.38. The molecular formula is C28H35N5O4S. The molecule has 3 heterocycles. The lowest BCUT2D eigenvalue weighted by Crippen LogP contribution is -2.45. The summed E-state index contributed by atoms with van der Waals surface area (Å²) >= 11 is 1.41. The second kappa shape index (κ2) is 12.7. The summed E-state index contributed by atoms with van der Waals surface area (Å²) in [6.07, 6.45) is 0.813. The maximum absolute atomic E-state index is 13.2. The van der Waals surface area contributed by atoms with Crippen molar-refractivity contribution in [2.24, 2.45) is 5.92 Å². The normalized spacial score (nSPS) is 13.8. The molecule has 1 aliphatic heterocycles. The van der Waals surface area contributed by atoms with Gasteiger partial charge in [0, 0.05) is 38.3 Å². The molecule has 0 unspecified atom stereocenters. The molecule has 9 nitrogen and oxygen atoms in total. The van der Waals surface area contributed by atoms with Gasteiger partial charge in [0.2, 0.25) is 5.91 Å². The third kappa shape index (κ3) is 6.61. The van der Waals surface area contributed by atoms with E-state index < -0.39 is 0 Å². The molecule has 0 aliphatic carbocycles. The summed E-state index contributed by atoms with van der Waals surface area (Å²) in [6, 6.07) is 13.2. The van der Waals surface area contributed by atoms with Gasteiger partial charge >= 0.3 is 0 Å². The number of amides is 2. The van der Waals surface area contributed by atoms with Gasteiger partial charge in [0.25, 0.3) is 5.91 Å². The number of ether oxygens (including phenoxy) is 2. The minimum Gasteiger partial charge on any atom is -0.493 e. The molecule has 2 amide bonds. The number of methoxy groups -OCH3 is 2. The summed E-state index contributed by atoms with van der Waals surface area (Å²) in [5, 5.41) is 10.8. The van der Waals surface area contributed by atoms with Gasteiger partial charge in [-0.25, -0.2) is 0 Å². The van der Waals surface area contributed by atoms with Crippen LogP contribution in [0.15, 0.2) is 47.8 Å². The van der Waals surface area contributed by atoms with Crippen LogP contribution in [0.2, 0.25) is 0 Å². The van der Waals surface area contributed by atoms with E-state index in [1.807, 2.05) is 52.7 Å². The Morgan fingerprint density at radius 1 is 1.00 bits per heavy atom. The number of carbonyl (C=O) groups excluding carboxylic acids is 2. The Morgan fingerprint density at radius 3 is 2.47 bits per heavy atom. The third-order valence-corrected chi connectivity index (χ3v) is 7.29. The van der Waals surface area contributed by atoms with Crippen LogP contribution in [0.5, 0.6) is 11.5 Å². The van der Waals surface area contributed by atoms with Gasteiger partial charge in [0.1, 0.15) is 6.54 Å². The molecule has 0 spiro atoms. The number of hydrogen-bond donors (Lipinski definition) is 0. The van der Waals surface area contributed by atoms with Gasteiger partial charge < -0.3 is 24.2 Å². The first kappa shape index (κ1) is 27.4. The molecule has 4 rings (SSSR count).